The fourth-order valence-corrected chi connectivity index (χ4v) is 2.78. The van der Waals surface area contributed by atoms with Crippen molar-refractivity contribution in [1.29, 1.82) is 0 Å². The third-order valence-corrected chi connectivity index (χ3v) is 3.51. The summed E-state index contributed by atoms with van der Waals surface area (Å²) in [6.45, 7) is 3.82. The van der Waals surface area contributed by atoms with Crippen LogP contribution in [0.1, 0.15) is 18.1 Å². The quantitative estimate of drug-likeness (QED) is 0.633. The van der Waals surface area contributed by atoms with Crippen molar-refractivity contribution in [3.63, 3.8) is 0 Å². The van der Waals surface area contributed by atoms with Gasteiger partial charge in [-0.05, 0) is 24.6 Å². The molecule has 0 fully saturated rings. The molecule has 0 saturated carbocycles. The van der Waals surface area contributed by atoms with E-state index < -0.39 is 0 Å². The van der Waals surface area contributed by atoms with Gasteiger partial charge in [0.1, 0.15) is 5.75 Å². The second kappa shape index (κ2) is 6.95. The lowest BCUT2D eigenvalue weighted by atomic mass is 10.1. The van der Waals surface area contributed by atoms with Gasteiger partial charge in [0.15, 0.2) is 5.96 Å². The number of benzene rings is 1. The zero-order valence-electron chi connectivity index (χ0n) is 11.8. The largest absolute Gasteiger partial charge is 0.493 e. The van der Waals surface area contributed by atoms with Gasteiger partial charge in [0.25, 0.3) is 0 Å². The molecule has 1 unspecified atom stereocenters. The van der Waals surface area contributed by atoms with E-state index >= 15 is 0 Å². The standard InChI is InChI=1S/C14H20BrN3O2/c1-9(8-19-2)18-14(16)17-7-11-6-12(15)5-10-3-4-20-13(10)11/h5-6,9H,3-4,7-8H2,1-2H3,(H3,16,17,18). The van der Waals surface area contributed by atoms with E-state index in [-0.39, 0.29) is 6.04 Å². The second-order valence-corrected chi connectivity index (χ2v) is 5.77. The topological polar surface area (TPSA) is 68.9 Å². The molecule has 1 atom stereocenters. The number of ether oxygens (including phenoxy) is 2. The molecular formula is C14H20BrN3O2. The first-order valence-electron chi connectivity index (χ1n) is 6.59. The summed E-state index contributed by atoms with van der Waals surface area (Å²) in [6.07, 6.45) is 0.949. The first-order chi connectivity index (χ1) is 9.60. The van der Waals surface area contributed by atoms with Crippen LogP contribution in [-0.2, 0) is 17.7 Å². The fraction of sp³-hybridized carbons (Fsp3) is 0.500. The summed E-state index contributed by atoms with van der Waals surface area (Å²) in [6, 6.07) is 4.25. The number of nitrogens with one attached hydrogen (secondary N) is 1. The minimum Gasteiger partial charge on any atom is -0.493 e. The van der Waals surface area contributed by atoms with Crippen molar-refractivity contribution in [2.75, 3.05) is 20.3 Å². The van der Waals surface area contributed by atoms with Gasteiger partial charge in [0.2, 0.25) is 0 Å². The summed E-state index contributed by atoms with van der Waals surface area (Å²) >= 11 is 3.52. The number of hydrogen-bond donors (Lipinski definition) is 2. The lowest BCUT2D eigenvalue weighted by Gasteiger charge is -2.13. The average molecular weight is 342 g/mol. The molecule has 1 aromatic rings. The van der Waals surface area contributed by atoms with Gasteiger partial charge in [-0.2, -0.15) is 0 Å². The summed E-state index contributed by atoms with van der Waals surface area (Å²) in [7, 11) is 1.66. The predicted molar refractivity (Wildman–Crippen MR) is 83.1 cm³/mol. The zero-order valence-corrected chi connectivity index (χ0v) is 13.4. The maximum absolute atomic E-state index is 5.87. The predicted octanol–water partition coefficient (Wildman–Crippen LogP) is 1.82. The van der Waals surface area contributed by atoms with E-state index in [9.17, 15) is 0 Å². The lowest BCUT2D eigenvalue weighted by molar-refractivity contribution is 0.179. The van der Waals surface area contributed by atoms with Gasteiger partial charge in [0.05, 0.1) is 19.8 Å². The van der Waals surface area contributed by atoms with Crippen LogP contribution in [0, 0.1) is 0 Å². The molecule has 20 heavy (non-hydrogen) atoms. The van der Waals surface area contributed by atoms with Gasteiger partial charge in [0, 0.05) is 29.6 Å². The number of aliphatic imine (C=N–C) groups is 1. The van der Waals surface area contributed by atoms with Crippen LogP contribution in [0.5, 0.6) is 5.75 Å². The Kier molecular flexibility index (Phi) is 5.25. The summed E-state index contributed by atoms with van der Waals surface area (Å²) < 4.78 is 11.8. The van der Waals surface area contributed by atoms with Gasteiger partial charge in [-0.3, -0.25) is 0 Å². The Morgan fingerprint density at radius 3 is 3.15 bits per heavy atom. The molecule has 0 amide bonds. The number of rotatable bonds is 5. The molecule has 0 radical (unpaired) electrons. The summed E-state index contributed by atoms with van der Waals surface area (Å²) in [5.41, 5.74) is 8.14. The molecule has 1 aliphatic heterocycles. The van der Waals surface area contributed by atoms with Gasteiger partial charge in [-0.1, -0.05) is 15.9 Å². The number of nitrogens with zero attached hydrogens (tertiary/aromatic N) is 1. The SMILES string of the molecule is COCC(C)NC(N)=NCc1cc(Br)cc2c1OCC2. The van der Waals surface area contributed by atoms with Crippen molar-refractivity contribution in [3.05, 3.63) is 27.7 Å². The minimum atomic E-state index is 0.133. The second-order valence-electron chi connectivity index (χ2n) is 4.85. The van der Waals surface area contributed by atoms with Gasteiger partial charge in [-0.15, -0.1) is 0 Å². The molecule has 0 aliphatic carbocycles. The van der Waals surface area contributed by atoms with Crippen LogP contribution in [0.25, 0.3) is 0 Å². The number of nitrogens with two attached hydrogens (primary N) is 1. The Morgan fingerprint density at radius 2 is 2.40 bits per heavy atom. The number of methoxy groups -OCH3 is 1. The maximum atomic E-state index is 5.87. The highest BCUT2D eigenvalue weighted by Gasteiger charge is 2.17. The number of hydrogen-bond acceptors (Lipinski definition) is 3. The smallest absolute Gasteiger partial charge is 0.189 e. The third kappa shape index (κ3) is 3.86. The molecule has 1 heterocycles. The van der Waals surface area contributed by atoms with E-state index in [4.69, 9.17) is 15.2 Å². The number of fused-ring (bicyclic) bond motifs is 1. The molecule has 1 aromatic carbocycles. The highest BCUT2D eigenvalue weighted by molar-refractivity contribution is 9.10. The average Bonchev–Trinajstić information content (AvgIpc) is 2.84. The van der Waals surface area contributed by atoms with E-state index in [2.05, 4.69) is 32.3 Å². The molecule has 110 valence electrons. The maximum Gasteiger partial charge on any atom is 0.189 e. The summed E-state index contributed by atoms with van der Waals surface area (Å²) in [5, 5.41) is 3.08. The lowest BCUT2D eigenvalue weighted by Crippen LogP contribution is -2.40. The molecule has 5 nitrogen and oxygen atoms in total. The molecule has 0 aromatic heterocycles. The van der Waals surface area contributed by atoms with Crippen molar-refractivity contribution >= 4 is 21.9 Å². The highest BCUT2D eigenvalue weighted by atomic mass is 79.9. The zero-order chi connectivity index (χ0) is 14.5. The Balaban J connectivity index is 2.03. The van der Waals surface area contributed by atoms with E-state index in [1.54, 1.807) is 7.11 Å². The van der Waals surface area contributed by atoms with Crippen molar-refractivity contribution in [2.45, 2.75) is 25.9 Å². The molecular weight excluding hydrogens is 322 g/mol. The Labute approximate surface area is 127 Å². The molecule has 0 saturated heterocycles. The molecule has 0 spiro atoms. The first-order valence-corrected chi connectivity index (χ1v) is 7.39. The Morgan fingerprint density at radius 1 is 1.60 bits per heavy atom. The first kappa shape index (κ1) is 15.1. The molecule has 3 N–H and O–H groups in total. The van der Waals surface area contributed by atoms with Crippen molar-refractivity contribution in [1.82, 2.24) is 5.32 Å². The van der Waals surface area contributed by atoms with Gasteiger partial charge < -0.3 is 20.5 Å². The Bertz CT molecular complexity index is 505. The van der Waals surface area contributed by atoms with E-state index in [1.807, 2.05) is 13.0 Å². The van der Waals surface area contributed by atoms with Gasteiger partial charge >= 0.3 is 0 Å². The van der Waals surface area contributed by atoms with E-state index in [1.165, 1.54) is 5.56 Å². The summed E-state index contributed by atoms with van der Waals surface area (Å²) in [5.74, 6) is 1.37. The summed E-state index contributed by atoms with van der Waals surface area (Å²) in [4.78, 5) is 4.36. The molecule has 2 rings (SSSR count). The van der Waals surface area contributed by atoms with E-state index in [0.29, 0.717) is 19.1 Å². The fourth-order valence-electron chi connectivity index (χ4n) is 2.22. The van der Waals surface area contributed by atoms with Gasteiger partial charge in [-0.25, -0.2) is 4.99 Å². The van der Waals surface area contributed by atoms with Crippen molar-refractivity contribution < 1.29 is 9.47 Å². The Hall–Kier alpha value is -1.27. The van der Waals surface area contributed by atoms with Crippen LogP contribution >= 0.6 is 15.9 Å². The normalized spacial score (nSPS) is 15.7. The van der Waals surface area contributed by atoms with Crippen LogP contribution in [0.2, 0.25) is 0 Å². The number of halogens is 1. The minimum absolute atomic E-state index is 0.133. The molecule has 1 aliphatic rings. The van der Waals surface area contributed by atoms with Crippen LogP contribution in [-0.4, -0.2) is 32.3 Å². The monoisotopic (exact) mass is 341 g/mol. The van der Waals surface area contributed by atoms with Crippen molar-refractivity contribution in [2.24, 2.45) is 10.7 Å². The molecule has 0 bridgehead atoms. The van der Waals surface area contributed by atoms with Crippen molar-refractivity contribution in [3.8, 4) is 5.75 Å². The van der Waals surface area contributed by atoms with Crippen LogP contribution in [0.15, 0.2) is 21.6 Å². The van der Waals surface area contributed by atoms with E-state index in [0.717, 1.165) is 28.8 Å². The molecule has 6 heteroatoms. The third-order valence-electron chi connectivity index (χ3n) is 3.06. The van der Waals surface area contributed by atoms with Crippen LogP contribution in [0.3, 0.4) is 0 Å². The highest BCUT2D eigenvalue weighted by Crippen LogP contribution is 2.33. The number of guanidine groups is 1. The van der Waals surface area contributed by atoms with Crippen LogP contribution < -0.4 is 15.8 Å². The van der Waals surface area contributed by atoms with Crippen LogP contribution in [0.4, 0.5) is 0 Å².